The fraction of sp³-hybridized carbons (Fsp3) is 0.400. The maximum absolute atomic E-state index is 11.7. The highest BCUT2D eigenvalue weighted by Crippen LogP contribution is 2.32. The van der Waals surface area contributed by atoms with Gasteiger partial charge in [0.2, 0.25) is 0 Å². The molecule has 1 saturated heterocycles. The van der Waals surface area contributed by atoms with Crippen molar-refractivity contribution in [3.8, 4) is 11.1 Å². The van der Waals surface area contributed by atoms with Crippen LogP contribution < -0.4 is 0 Å². The van der Waals surface area contributed by atoms with E-state index in [4.69, 9.17) is 0 Å². The molecule has 1 aliphatic rings. The minimum atomic E-state index is -2.93. The summed E-state index contributed by atoms with van der Waals surface area (Å²) < 4.78 is 25.2. The number of benzene rings is 1. The summed E-state index contributed by atoms with van der Waals surface area (Å²) in [5, 5.41) is 4.41. The van der Waals surface area contributed by atoms with Crippen LogP contribution in [0.25, 0.3) is 11.1 Å². The maximum atomic E-state index is 11.7. The van der Waals surface area contributed by atoms with Gasteiger partial charge in [0.25, 0.3) is 0 Å². The highest BCUT2D eigenvalue weighted by molar-refractivity contribution is 7.91. The van der Waals surface area contributed by atoms with Crippen molar-refractivity contribution in [2.45, 2.75) is 25.8 Å². The van der Waals surface area contributed by atoms with Gasteiger partial charge >= 0.3 is 0 Å². The second kappa shape index (κ2) is 4.45. The molecule has 20 heavy (non-hydrogen) atoms. The molecule has 1 fully saturated rings. The minimum Gasteiger partial charge on any atom is -0.265 e. The monoisotopic (exact) mass is 290 g/mol. The van der Waals surface area contributed by atoms with Crippen LogP contribution >= 0.6 is 0 Å². The molecule has 4 nitrogen and oxygen atoms in total. The van der Waals surface area contributed by atoms with Crippen LogP contribution in [0.2, 0.25) is 0 Å². The fourth-order valence-electron chi connectivity index (χ4n) is 2.83. The average Bonchev–Trinajstić information content (AvgIpc) is 2.96. The summed E-state index contributed by atoms with van der Waals surface area (Å²) in [5.41, 5.74) is 2.95. The number of nitrogens with zero attached hydrogens (tertiary/aromatic N) is 2. The van der Waals surface area contributed by atoms with Gasteiger partial charge in [-0.2, -0.15) is 5.10 Å². The number of hydrogen-bond donors (Lipinski definition) is 0. The van der Waals surface area contributed by atoms with E-state index in [2.05, 4.69) is 24.2 Å². The van der Waals surface area contributed by atoms with Gasteiger partial charge in [0.05, 0.1) is 23.2 Å². The van der Waals surface area contributed by atoms with Crippen molar-refractivity contribution in [3.05, 3.63) is 42.2 Å². The highest BCUT2D eigenvalue weighted by atomic mass is 32.2. The molecule has 0 spiro atoms. The third kappa shape index (κ3) is 2.26. The van der Waals surface area contributed by atoms with Crippen molar-refractivity contribution >= 4 is 9.84 Å². The van der Waals surface area contributed by atoms with E-state index in [0.717, 1.165) is 11.1 Å². The van der Waals surface area contributed by atoms with Gasteiger partial charge < -0.3 is 0 Å². The van der Waals surface area contributed by atoms with Crippen molar-refractivity contribution in [1.82, 2.24) is 9.78 Å². The molecule has 0 amide bonds. The maximum Gasteiger partial charge on any atom is 0.152 e. The lowest BCUT2D eigenvalue weighted by Gasteiger charge is -2.22. The average molecular weight is 290 g/mol. The molecule has 2 heterocycles. The van der Waals surface area contributed by atoms with E-state index in [-0.39, 0.29) is 11.5 Å². The molecule has 0 saturated carbocycles. The van der Waals surface area contributed by atoms with E-state index in [1.807, 2.05) is 36.1 Å². The summed E-state index contributed by atoms with van der Waals surface area (Å²) in [5.74, 6) is 0.429. The van der Waals surface area contributed by atoms with Crippen molar-refractivity contribution in [2.24, 2.45) is 0 Å². The third-order valence-electron chi connectivity index (χ3n) is 4.07. The minimum absolute atomic E-state index is 0.175. The third-order valence-corrected chi connectivity index (χ3v) is 5.96. The Morgan fingerprint density at radius 3 is 2.70 bits per heavy atom. The Kier molecular flexibility index (Phi) is 2.97. The van der Waals surface area contributed by atoms with Crippen LogP contribution in [-0.4, -0.2) is 29.7 Å². The molecular weight excluding hydrogens is 272 g/mol. The van der Waals surface area contributed by atoms with Crippen molar-refractivity contribution in [1.29, 1.82) is 0 Å². The normalized spacial score (nSPS) is 24.9. The van der Waals surface area contributed by atoms with Crippen LogP contribution in [0.3, 0.4) is 0 Å². The Morgan fingerprint density at radius 2 is 2.05 bits per heavy atom. The Morgan fingerprint density at radius 1 is 1.30 bits per heavy atom. The van der Waals surface area contributed by atoms with Gasteiger partial charge in [-0.05, 0) is 31.4 Å². The van der Waals surface area contributed by atoms with Crippen LogP contribution in [0.15, 0.2) is 36.7 Å². The molecule has 106 valence electrons. The molecule has 0 aliphatic carbocycles. The van der Waals surface area contributed by atoms with E-state index >= 15 is 0 Å². The number of rotatable bonds is 2. The first-order valence-electron chi connectivity index (χ1n) is 6.71. The molecule has 3 rings (SSSR count). The topological polar surface area (TPSA) is 52.0 Å². The molecule has 1 atom stereocenters. The number of aromatic nitrogens is 2. The second-order valence-electron chi connectivity index (χ2n) is 5.83. The van der Waals surface area contributed by atoms with Crippen LogP contribution in [0.4, 0.5) is 0 Å². The van der Waals surface area contributed by atoms with Crippen LogP contribution in [0, 0.1) is 6.92 Å². The quantitative estimate of drug-likeness (QED) is 0.853. The lowest BCUT2D eigenvalue weighted by molar-refractivity contribution is 0.328. The zero-order chi connectivity index (χ0) is 14.4. The summed E-state index contributed by atoms with van der Waals surface area (Å²) in [6.45, 7) is 4.03. The first kappa shape index (κ1) is 13.4. The zero-order valence-corrected chi connectivity index (χ0v) is 12.5. The molecule has 0 radical (unpaired) electrons. The van der Waals surface area contributed by atoms with Crippen LogP contribution in [0.5, 0.6) is 0 Å². The summed E-state index contributed by atoms with van der Waals surface area (Å²) in [6.07, 6.45) is 4.41. The molecule has 5 heteroatoms. The Bertz CT molecular complexity index is 749. The van der Waals surface area contributed by atoms with Crippen LogP contribution in [0.1, 0.15) is 18.9 Å². The zero-order valence-electron chi connectivity index (χ0n) is 11.7. The van der Waals surface area contributed by atoms with Gasteiger partial charge in [-0.3, -0.25) is 4.68 Å². The highest BCUT2D eigenvalue weighted by Gasteiger charge is 2.40. The number of aryl methyl sites for hydroxylation is 1. The van der Waals surface area contributed by atoms with Gasteiger partial charge in [-0.1, -0.05) is 24.3 Å². The largest absolute Gasteiger partial charge is 0.265 e. The predicted octanol–water partition coefficient (Wildman–Crippen LogP) is 2.39. The molecule has 1 aromatic heterocycles. The first-order valence-corrected chi connectivity index (χ1v) is 8.53. The van der Waals surface area contributed by atoms with E-state index in [0.29, 0.717) is 6.42 Å². The summed E-state index contributed by atoms with van der Waals surface area (Å²) in [4.78, 5) is 0. The first-order chi connectivity index (χ1) is 9.40. The van der Waals surface area contributed by atoms with Gasteiger partial charge in [0.1, 0.15) is 0 Å². The van der Waals surface area contributed by atoms with E-state index < -0.39 is 15.4 Å². The van der Waals surface area contributed by atoms with Gasteiger partial charge in [-0.15, -0.1) is 0 Å². The molecule has 0 bridgehead atoms. The Balaban J connectivity index is 1.98. The molecule has 1 unspecified atom stereocenters. The van der Waals surface area contributed by atoms with Gasteiger partial charge in [-0.25, -0.2) is 8.42 Å². The Labute approximate surface area is 119 Å². The SMILES string of the molecule is Cc1ccccc1-c1cnn(C2(C)CCS(=O)(=O)C2)c1. The summed E-state index contributed by atoms with van der Waals surface area (Å²) >= 11 is 0. The molecule has 2 aromatic rings. The van der Waals surface area contributed by atoms with Crippen molar-refractivity contribution in [3.63, 3.8) is 0 Å². The molecular formula is C15H18N2O2S. The van der Waals surface area contributed by atoms with E-state index in [1.165, 1.54) is 5.56 Å². The number of hydrogen-bond acceptors (Lipinski definition) is 3. The number of sulfone groups is 1. The molecule has 0 N–H and O–H groups in total. The predicted molar refractivity (Wildman–Crippen MR) is 79.3 cm³/mol. The lowest BCUT2D eigenvalue weighted by Crippen LogP contribution is -2.31. The lowest BCUT2D eigenvalue weighted by atomic mass is 10.0. The smallest absolute Gasteiger partial charge is 0.152 e. The van der Waals surface area contributed by atoms with E-state index in [9.17, 15) is 8.42 Å². The van der Waals surface area contributed by atoms with Gasteiger partial charge in [0, 0.05) is 11.8 Å². The Hall–Kier alpha value is -1.62. The van der Waals surface area contributed by atoms with Crippen molar-refractivity contribution < 1.29 is 8.42 Å². The second-order valence-corrected chi connectivity index (χ2v) is 8.01. The van der Waals surface area contributed by atoms with E-state index in [1.54, 1.807) is 0 Å². The van der Waals surface area contributed by atoms with Crippen LogP contribution in [-0.2, 0) is 15.4 Å². The van der Waals surface area contributed by atoms with Gasteiger partial charge in [0.15, 0.2) is 9.84 Å². The van der Waals surface area contributed by atoms with Crippen molar-refractivity contribution in [2.75, 3.05) is 11.5 Å². The molecule has 1 aromatic carbocycles. The standard InChI is InChI=1S/C15H18N2O2S/c1-12-5-3-4-6-14(12)13-9-16-17(10-13)15(2)7-8-20(18,19)11-15/h3-6,9-10H,7-8,11H2,1-2H3. The fourth-order valence-corrected chi connectivity index (χ4v) is 4.95. The summed E-state index contributed by atoms with van der Waals surface area (Å²) in [7, 11) is -2.93. The molecule has 1 aliphatic heterocycles. The summed E-state index contributed by atoms with van der Waals surface area (Å²) in [6, 6.07) is 8.13.